The Morgan fingerprint density at radius 3 is 1.65 bits per heavy atom. The fourth-order valence-corrected chi connectivity index (χ4v) is 8.70. The summed E-state index contributed by atoms with van der Waals surface area (Å²) in [6.07, 6.45) is 7.38. The van der Waals surface area contributed by atoms with E-state index in [1.54, 1.807) is 18.3 Å². The molecule has 3 N–H and O–H groups in total. The first-order chi connectivity index (χ1) is 32.3. The van der Waals surface area contributed by atoms with Crippen molar-refractivity contribution in [2.75, 3.05) is 18.0 Å². The fourth-order valence-electron chi connectivity index (χ4n) is 8.70. The van der Waals surface area contributed by atoms with Gasteiger partial charge in [-0.1, -0.05) is 60.7 Å². The van der Waals surface area contributed by atoms with Crippen LogP contribution in [0.4, 0.5) is 10.1 Å². The van der Waals surface area contributed by atoms with Gasteiger partial charge in [0.15, 0.2) is 0 Å². The number of aromatic nitrogens is 8. The van der Waals surface area contributed by atoms with Crippen molar-refractivity contribution in [3.05, 3.63) is 197 Å². The average molecular weight is 870 g/mol. The molecule has 0 aliphatic carbocycles. The second kappa shape index (κ2) is 18.7. The highest BCUT2D eigenvalue weighted by Gasteiger charge is 2.19. The van der Waals surface area contributed by atoms with Gasteiger partial charge in [-0.3, -0.25) is 19.9 Å². The molecule has 1 aliphatic rings. The van der Waals surface area contributed by atoms with E-state index < -0.39 is 5.82 Å². The molecule has 7 heterocycles. The monoisotopic (exact) mass is 869 g/mol. The largest absolute Gasteiger partial charge is 0.392 e. The number of aliphatic hydroxyl groups is 1. The van der Waals surface area contributed by atoms with Gasteiger partial charge in [-0.2, -0.15) is 0 Å². The summed E-state index contributed by atoms with van der Waals surface area (Å²) < 4.78 is 13.8. The van der Waals surface area contributed by atoms with Gasteiger partial charge in [-0.05, 0) is 117 Å². The highest BCUT2D eigenvalue weighted by Crippen LogP contribution is 2.34. The summed E-state index contributed by atoms with van der Waals surface area (Å²) >= 11 is 0. The zero-order chi connectivity index (χ0) is 45.0. The summed E-state index contributed by atoms with van der Waals surface area (Å²) in [5.74, 6) is 1.27. The summed E-state index contributed by atoms with van der Waals surface area (Å²) in [6, 6.07) is 46.0. The number of hydrogen-bond donors (Lipinski definition) is 3. The zero-order valence-corrected chi connectivity index (χ0v) is 36.8. The van der Waals surface area contributed by atoms with Crippen molar-refractivity contribution in [2.45, 2.75) is 46.1 Å². The molecule has 6 aromatic heterocycles. The smallest absolute Gasteiger partial charge is 0.128 e. The number of hydrogen-bond acceptors (Lipinski definition) is 8. The van der Waals surface area contributed by atoms with E-state index in [1.165, 1.54) is 30.2 Å². The second-order valence-corrected chi connectivity index (χ2v) is 16.8. The SMILES string of the molecule is Cc1cccc(-c2[nH]c(Cc3ccc(F)c(CO)c3)nc2-c2ccc3ncccc3c2)n1.Cc1cccc(-c2[nH]c(Cc3cccc(N4CCCC4)c3)nc2-c2ccc3ncccc3c2)n1. The van der Waals surface area contributed by atoms with Crippen molar-refractivity contribution < 1.29 is 9.50 Å². The first-order valence-electron chi connectivity index (χ1n) is 22.3. The van der Waals surface area contributed by atoms with E-state index in [9.17, 15) is 9.50 Å². The summed E-state index contributed by atoms with van der Waals surface area (Å²) in [6.45, 7) is 5.93. The molecule has 1 fully saturated rings. The molecule has 10 aromatic rings. The maximum absolute atomic E-state index is 13.8. The molecule has 1 saturated heterocycles. The summed E-state index contributed by atoms with van der Waals surface area (Å²) in [7, 11) is 0. The molecular formula is C55H48FN9O. The number of fused-ring (bicyclic) bond motifs is 2. The van der Waals surface area contributed by atoms with Crippen LogP contribution in [-0.2, 0) is 19.4 Å². The van der Waals surface area contributed by atoms with Crippen LogP contribution in [0.5, 0.6) is 0 Å². The van der Waals surface area contributed by atoms with Gasteiger partial charge in [-0.25, -0.2) is 14.4 Å². The normalized spacial score (nSPS) is 12.5. The van der Waals surface area contributed by atoms with E-state index in [-0.39, 0.29) is 12.2 Å². The topological polar surface area (TPSA) is 132 Å². The lowest BCUT2D eigenvalue weighted by Gasteiger charge is -2.18. The van der Waals surface area contributed by atoms with Gasteiger partial charge >= 0.3 is 0 Å². The molecule has 0 radical (unpaired) electrons. The van der Waals surface area contributed by atoms with Gasteiger partial charge < -0.3 is 20.0 Å². The van der Waals surface area contributed by atoms with E-state index in [2.05, 4.69) is 84.4 Å². The number of aliphatic hydroxyl groups excluding tert-OH is 1. The Morgan fingerprint density at radius 2 is 1.11 bits per heavy atom. The first-order valence-corrected chi connectivity index (χ1v) is 22.3. The lowest BCUT2D eigenvalue weighted by atomic mass is 10.1. The van der Waals surface area contributed by atoms with Crippen molar-refractivity contribution >= 4 is 27.5 Å². The minimum absolute atomic E-state index is 0.275. The molecule has 11 heteroatoms. The maximum Gasteiger partial charge on any atom is 0.128 e. The number of pyridine rings is 4. The Balaban J connectivity index is 0.000000155. The quantitative estimate of drug-likeness (QED) is 0.124. The lowest BCUT2D eigenvalue weighted by Crippen LogP contribution is -2.17. The number of nitrogens with zero attached hydrogens (tertiary/aromatic N) is 7. The molecule has 11 rings (SSSR count). The Kier molecular flexibility index (Phi) is 11.9. The summed E-state index contributed by atoms with van der Waals surface area (Å²) in [5, 5.41) is 11.5. The molecule has 0 atom stereocenters. The highest BCUT2D eigenvalue weighted by molar-refractivity contribution is 5.88. The van der Waals surface area contributed by atoms with Crippen molar-refractivity contribution in [1.29, 1.82) is 0 Å². The molecule has 0 spiro atoms. The summed E-state index contributed by atoms with van der Waals surface area (Å²) in [4.78, 5) is 37.8. The molecule has 1 aliphatic heterocycles. The van der Waals surface area contributed by atoms with E-state index in [0.29, 0.717) is 6.42 Å². The molecule has 0 amide bonds. The Morgan fingerprint density at radius 1 is 0.561 bits per heavy atom. The van der Waals surface area contributed by atoms with Gasteiger partial charge in [0.25, 0.3) is 0 Å². The number of aryl methyl sites for hydroxylation is 2. The number of halogens is 1. The van der Waals surface area contributed by atoms with Crippen LogP contribution >= 0.6 is 0 Å². The van der Waals surface area contributed by atoms with Gasteiger partial charge in [0.1, 0.15) is 17.5 Å². The third-order valence-electron chi connectivity index (χ3n) is 12.0. The van der Waals surface area contributed by atoms with E-state index in [4.69, 9.17) is 15.0 Å². The van der Waals surface area contributed by atoms with E-state index >= 15 is 0 Å². The number of benzene rings is 4. The van der Waals surface area contributed by atoms with Crippen molar-refractivity contribution in [3.8, 4) is 45.3 Å². The minimum Gasteiger partial charge on any atom is -0.392 e. The van der Waals surface area contributed by atoms with Crippen LogP contribution in [0.2, 0.25) is 0 Å². The van der Waals surface area contributed by atoms with E-state index in [0.717, 1.165) is 115 Å². The molecule has 326 valence electrons. The van der Waals surface area contributed by atoms with Gasteiger partial charge in [-0.15, -0.1) is 0 Å². The number of aromatic amines is 2. The number of anilines is 1. The predicted molar refractivity (Wildman–Crippen MR) is 260 cm³/mol. The minimum atomic E-state index is -0.411. The van der Waals surface area contributed by atoms with E-state index in [1.807, 2.05) is 86.8 Å². The highest BCUT2D eigenvalue weighted by atomic mass is 19.1. The molecule has 10 nitrogen and oxygen atoms in total. The van der Waals surface area contributed by atoms with Crippen LogP contribution in [0.25, 0.3) is 67.1 Å². The third-order valence-corrected chi connectivity index (χ3v) is 12.0. The third kappa shape index (κ3) is 9.20. The second-order valence-electron chi connectivity index (χ2n) is 16.8. The van der Waals surface area contributed by atoms with Gasteiger partial charge in [0.2, 0.25) is 0 Å². The van der Waals surface area contributed by atoms with Crippen molar-refractivity contribution in [3.63, 3.8) is 0 Å². The van der Waals surface area contributed by atoms with Crippen LogP contribution in [-0.4, -0.2) is 58.1 Å². The zero-order valence-electron chi connectivity index (χ0n) is 36.8. The standard InChI is InChI=1S/C29H27N5.C26H21FN4O/c1-20-7-4-11-26(31-20)29-28(23-12-13-25-22(19-23)9-6-14-30-25)32-27(33-29)18-21-8-5-10-24(17-21)34-15-2-3-16-34;1-16-4-2-6-23(29-16)26-25(19-8-10-22-18(14-19)5-3-11-28-22)30-24(31-26)13-17-7-9-21(27)20(12-17)15-32/h4-14,17,19H,2-3,15-16,18H2,1H3,(H,32,33);2-12,14,32H,13,15H2,1H3,(H,30,31). The van der Waals surface area contributed by atoms with Crippen LogP contribution in [0.3, 0.4) is 0 Å². The molecular weight excluding hydrogens is 822 g/mol. The van der Waals surface area contributed by atoms with Crippen molar-refractivity contribution in [1.82, 2.24) is 39.9 Å². The lowest BCUT2D eigenvalue weighted by molar-refractivity contribution is 0.275. The number of nitrogens with one attached hydrogen (secondary N) is 2. The molecule has 4 aromatic carbocycles. The number of H-pyrrole nitrogens is 2. The first kappa shape index (κ1) is 42.1. The van der Waals surface area contributed by atoms with Crippen LogP contribution in [0.15, 0.2) is 152 Å². The Hall–Kier alpha value is -7.89. The Labute approximate surface area is 382 Å². The summed E-state index contributed by atoms with van der Waals surface area (Å²) in [5.41, 5.74) is 14.8. The van der Waals surface area contributed by atoms with Crippen LogP contribution in [0.1, 0.15) is 52.6 Å². The molecule has 0 unspecified atom stereocenters. The number of imidazole rings is 2. The Bertz CT molecular complexity index is 3330. The average Bonchev–Trinajstić information content (AvgIpc) is 4.14. The van der Waals surface area contributed by atoms with Gasteiger partial charge in [0.05, 0.1) is 51.8 Å². The van der Waals surface area contributed by atoms with Crippen LogP contribution < -0.4 is 4.90 Å². The predicted octanol–water partition coefficient (Wildman–Crippen LogP) is 11.4. The number of rotatable bonds is 10. The molecule has 0 saturated carbocycles. The van der Waals surface area contributed by atoms with Crippen molar-refractivity contribution in [2.24, 2.45) is 0 Å². The molecule has 66 heavy (non-hydrogen) atoms. The maximum atomic E-state index is 13.8. The van der Waals surface area contributed by atoms with Crippen LogP contribution in [0, 0.1) is 19.7 Å². The van der Waals surface area contributed by atoms with Gasteiger partial charge in [0, 0.05) is 82.9 Å². The fraction of sp³-hybridized carbons (Fsp3) is 0.164. The molecule has 0 bridgehead atoms.